The summed E-state index contributed by atoms with van der Waals surface area (Å²) in [5, 5.41) is 13.0. The van der Waals surface area contributed by atoms with Crippen molar-refractivity contribution in [3.05, 3.63) is 65.5 Å². The van der Waals surface area contributed by atoms with Crippen LogP contribution >= 0.6 is 11.8 Å². The largest absolute Gasteiger partial charge is 0.386 e. The highest BCUT2D eigenvalue weighted by Gasteiger charge is 2.19. The van der Waals surface area contributed by atoms with Gasteiger partial charge in [-0.15, -0.1) is 11.8 Å². The Kier molecular flexibility index (Phi) is 5.57. The van der Waals surface area contributed by atoms with E-state index in [0.29, 0.717) is 11.1 Å². The molecule has 0 spiro atoms. The van der Waals surface area contributed by atoms with Crippen molar-refractivity contribution in [1.29, 1.82) is 0 Å². The first-order chi connectivity index (χ1) is 10.5. The van der Waals surface area contributed by atoms with Gasteiger partial charge in [0.25, 0.3) is 5.91 Å². The number of thioether (sulfide) groups is 1. The highest BCUT2D eigenvalue weighted by molar-refractivity contribution is 7.98. The van der Waals surface area contributed by atoms with Crippen LogP contribution < -0.4 is 5.32 Å². The van der Waals surface area contributed by atoms with Crippen LogP contribution in [0.2, 0.25) is 0 Å². The lowest BCUT2D eigenvalue weighted by atomic mass is 10.0. The number of carbonyl (C=O) groups is 1. The molecule has 0 bridgehead atoms. The second-order valence-corrected chi connectivity index (χ2v) is 5.87. The third kappa shape index (κ3) is 4.08. The zero-order chi connectivity index (χ0) is 16.1. The van der Waals surface area contributed by atoms with Gasteiger partial charge in [-0.3, -0.25) is 4.79 Å². The maximum atomic E-state index is 12.9. The van der Waals surface area contributed by atoms with E-state index < -0.39 is 12.1 Å². The molecule has 0 aliphatic carbocycles. The van der Waals surface area contributed by atoms with Gasteiger partial charge < -0.3 is 10.4 Å². The molecule has 0 aliphatic rings. The van der Waals surface area contributed by atoms with Gasteiger partial charge in [0.1, 0.15) is 5.82 Å². The summed E-state index contributed by atoms with van der Waals surface area (Å²) in [6, 6.07) is 12.4. The SMILES string of the molecule is CSc1ccc(C(=O)NC(C)C(O)c2ccc(F)cc2)cc1. The van der Waals surface area contributed by atoms with Crippen molar-refractivity contribution in [3.8, 4) is 0 Å². The predicted molar refractivity (Wildman–Crippen MR) is 86.5 cm³/mol. The smallest absolute Gasteiger partial charge is 0.251 e. The molecule has 0 fully saturated rings. The number of aliphatic hydroxyl groups excluding tert-OH is 1. The molecule has 2 N–H and O–H groups in total. The summed E-state index contributed by atoms with van der Waals surface area (Å²) in [6.07, 6.45) is 1.07. The molecule has 2 aromatic carbocycles. The average molecular weight is 319 g/mol. The zero-order valence-corrected chi connectivity index (χ0v) is 13.2. The van der Waals surface area contributed by atoms with Crippen LogP contribution in [-0.2, 0) is 0 Å². The number of carbonyl (C=O) groups excluding carboxylic acids is 1. The van der Waals surface area contributed by atoms with Crippen molar-refractivity contribution >= 4 is 17.7 Å². The summed E-state index contributed by atoms with van der Waals surface area (Å²) < 4.78 is 12.9. The second kappa shape index (κ2) is 7.42. The van der Waals surface area contributed by atoms with Gasteiger partial charge in [-0.25, -0.2) is 4.39 Å². The molecule has 0 saturated heterocycles. The average Bonchev–Trinajstić information content (AvgIpc) is 2.54. The summed E-state index contributed by atoms with van der Waals surface area (Å²) in [7, 11) is 0. The Balaban J connectivity index is 2.01. The van der Waals surface area contributed by atoms with Gasteiger partial charge in [0, 0.05) is 10.5 Å². The van der Waals surface area contributed by atoms with Crippen LogP contribution in [0, 0.1) is 5.82 Å². The quantitative estimate of drug-likeness (QED) is 0.831. The number of benzene rings is 2. The van der Waals surface area contributed by atoms with E-state index in [2.05, 4.69) is 5.32 Å². The molecule has 5 heteroatoms. The van der Waals surface area contributed by atoms with E-state index in [-0.39, 0.29) is 11.7 Å². The van der Waals surface area contributed by atoms with Gasteiger partial charge in [-0.1, -0.05) is 12.1 Å². The summed E-state index contributed by atoms with van der Waals surface area (Å²) in [5.74, 6) is -0.608. The topological polar surface area (TPSA) is 49.3 Å². The Labute approximate surface area is 133 Å². The van der Waals surface area contributed by atoms with Crippen LogP contribution in [0.5, 0.6) is 0 Å². The molecule has 2 unspecified atom stereocenters. The van der Waals surface area contributed by atoms with Crippen molar-refractivity contribution < 1.29 is 14.3 Å². The molecule has 3 nitrogen and oxygen atoms in total. The van der Waals surface area contributed by atoms with Crippen LogP contribution in [0.3, 0.4) is 0 Å². The molecule has 0 radical (unpaired) electrons. The van der Waals surface area contributed by atoms with Crippen LogP contribution in [0.4, 0.5) is 4.39 Å². The number of amides is 1. The Morgan fingerprint density at radius 1 is 1.14 bits per heavy atom. The van der Waals surface area contributed by atoms with Gasteiger partial charge in [-0.2, -0.15) is 0 Å². The minimum Gasteiger partial charge on any atom is -0.386 e. The third-order valence-corrected chi connectivity index (χ3v) is 4.14. The maximum Gasteiger partial charge on any atom is 0.251 e. The van der Waals surface area contributed by atoms with Crippen LogP contribution in [0.25, 0.3) is 0 Å². The molecular weight excluding hydrogens is 301 g/mol. The van der Waals surface area contributed by atoms with E-state index in [1.54, 1.807) is 30.8 Å². The van der Waals surface area contributed by atoms with Crippen molar-refractivity contribution in [2.75, 3.05) is 6.26 Å². The first-order valence-electron chi connectivity index (χ1n) is 6.89. The van der Waals surface area contributed by atoms with E-state index in [1.165, 1.54) is 24.3 Å². The lowest BCUT2D eigenvalue weighted by Gasteiger charge is -2.20. The van der Waals surface area contributed by atoms with Gasteiger partial charge >= 0.3 is 0 Å². The lowest BCUT2D eigenvalue weighted by Crippen LogP contribution is -2.37. The Morgan fingerprint density at radius 3 is 2.27 bits per heavy atom. The third-order valence-electron chi connectivity index (χ3n) is 3.40. The molecule has 2 aromatic rings. The second-order valence-electron chi connectivity index (χ2n) is 4.99. The Bertz CT molecular complexity index is 628. The normalized spacial score (nSPS) is 13.5. The first kappa shape index (κ1) is 16.5. The van der Waals surface area contributed by atoms with Crippen LogP contribution in [-0.4, -0.2) is 23.3 Å². The van der Waals surface area contributed by atoms with Crippen molar-refractivity contribution in [2.24, 2.45) is 0 Å². The fraction of sp³-hybridized carbons (Fsp3) is 0.235. The van der Waals surface area contributed by atoms with Crippen LogP contribution in [0.15, 0.2) is 53.4 Å². The zero-order valence-electron chi connectivity index (χ0n) is 12.4. The van der Waals surface area contributed by atoms with Crippen molar-refractivity contribution in [2.45, 2.75) is 24.0 Å². The summed E-state index contributed by atoms with van der Waals surface area (Å²) >= 11 is 1.60. The standard InChI is InChI=1S/C17H18FNO2S/c1-11(16(20)12-3-7-14(18)8-4-12)19-17(21)13-5-9-15(22-2)10-6-13/h3-11,16,20H,1-2H3,(H,19,21). The van der Waals surface area contributed by atoms with Crippen molar-refractivity contribution in [1.82, 2.24) is 5.32 Å². The molecule has 1 amide bonds. The molecule has 116 valence electrons. The highest BCUT2D eigenvalue weighted by Crippen LogP contribution is 2.18. The van der Waals surface area contributed by atoms with E-state index >= 15 is 0 Å². The molecule has 0 aromatic heterocycles. The van der Waals surface area contributed by atoms with E-state index in [0.717, 1.165) is 4.90 Å². The van der Waals surface area contributed by atoms with Crippen LogP contribution in [0.1, 0.15) is 28.9 Å². The lowest BCUT2D eigenvalue weighted by molar-refractivity contribution is 0.0852. The monoisotopic (exact) mass is 319 g/mol. The first-order valence-corrected chi connectivity index (χ1v) is 8.12. The molecule has 22 heavy (non-hydrogen) atoms. The van der Waals surface area contributed by atoms with Gasteiger partial charge in [0.2, 0.25) is 0 Å². The van der Waals surface area contributed by atoms with E-state index in [4.69, 9.17) is 0 Å². The molecule has 0 aliphatic heterocycles. The Hall–Kier alpha value is -1.85. The molecular formula is C17H18FNO2S. The summed E-state index contributed by atoms with van der Waals surface area (Å²) in [5.41, 5.74) is 1.10. The summed E-state index contributed by atoms with van der Waals surface area (Å²) in [6.45, 7) is 1.71. The van der Waals surface area contributed by atoms with E-state index in [9.17, 15) is 14.3 Å². The fourth-order valence-electron chi connectivity index (χ4n) is 2.06. The number of hydrogen-bond donors (Lipinski definition) is 2. The number of aliphatic hydroxyl groups is 1. The van der Waals surface area contributed by atoms with Gasteiger partial charge in [0.05, 0.1) is 12.1 Å². The highest BCUT2D eigenvalue weighted by atomic mass is 32.2. The number of nitrogens with one attached hydrogen (secondary N) is 1. The predicted octanol–water partition coefficient (Wildman–Crippen LogP) is 3.40. The molecule has 2 rings (SSSR count). The Morgan fingerprint density at radius 2 is 1.73 bits per heavy atom. The molecule has 2 atom stereocenters. The summed E-state index contributed by atoms with van der Waals surface area (Å²) in [4.78, 5) is 13.2. The minimum absolute atomic E-state index is 0.249. The van der Waals surface area contributed by atoms with Gasteiger partial charge in [-0.05, 0) is 55.1 Å². The molecule has 0 heterocycles. The fourth-order valence-corrected chi connectivity index (χ4v) is 2.47. The number of hydrogen-bond acceptors (Lipinski definition) is 3. The number of halogens is 1. The minimum atomic E-state index is -0.893. The maximum absolute atomic E-state index is 12.9. The van der Waals surface area contributed by atoms with E-state index in [1.807, 2.05) is 18.4 Å². The molecule has 0 saturated carbocycles. The van der Waals surface area contributed by atoms with Gasteiger partial charge in [0.15, 0.2) is 0 Å². The van der Waals surface area contributed by atoms with Crippen molar-refractivity contribution in [3.63, 3.8) is 0 Å². The number of rotatable bonds is 5.